The Bertz CT molecular complexity index is 104. The Hall–Kier alpha value is 0.0500. The van der Waals surface area contributed by atoms with Crippen LogP contribution in [0.25, 0.3) is 0 Å². The summed E-state index contributed by atoms with van der Waals surface area (Å²) < 4.78 is 0. The van der Waals surface area contributed by atoms with Crippen molar-refractivity contribution in [3.8, 4) is 0 Å². The second-order valence-electron chi connectivity index (χ2n) is 2.05. The number of thioether (sulfide) groups is 1. The first-order valence-corrected chi connectivity index (χ1v) is 3.79. The lowest BCUT2D eigenvalue weighted by Gasteiger charge is -2.14. The molecular weight excluding hydrogens is 118 g/mol. The van der Waals surface area contributed by atoms with Crippen molar-refractivity contribution in [2.24, 2.45) is 0 Å². The molecule has 0 bridgehead atoms. The van der Waals surface area contributed by atoms with Crippen LogP contribution in [0, 0.1) is 0 Å². The van der Waals surface area contributed by atoms with Crippen molar-refractivity contribution in [1.29, 1.82) is 0 Å². The normalized spacial score (nSPS) is 21.8. The van der Waals surface area contributed by atoms with Crippen LogP contribution < -0.4 is 5.32 Å². The lowest BCUT2D eigenvalue weighted by Crippen LogP contribution is -2.19. The van der Waals surface area contributed by atoms with E-state index >= 15 is 0 Å². The van der Waals surface area contributed by atoms with Gasteiger partial charge in [-0.1, -0.05) is 5.57 Å². The topological polar surface area (TPSA) is 12.0 Å². The Labute approximate surface area is 54.5 Å². The fraction of sp³-hybridized carbons (Fsp3) is 0.667. The van der Waals surface area contributed by atoms with Gasteiger partial charge in [0.2, 0.25) is 0 Å². The van der Waals surface area contributed by atoms with E-state index in [4.69, 9.17) is 0 Å². The molecule has 1 aliphatic heterocycles. The van der Waals surface area contributed by atoms with Crippen LogP contribution in [-0.4, -0.2) is 12.4 Å². The summed E-state index contributed by atoms with van der Waals surface area (Å²) >= 11 is 1.89. The van der Waals surface area contributed by atoms with Crippen LogP contribution in [0.3, 0.4) is 0 Å². The van der Waals surface area contributed by atoms with Crippen LogP contribution in [-0.2, 0) is 0 Å². The summed E-state index contributed by atoms with van der Waals surface area (Å²) in [6.45, 7) is 5.44. The Kier molecular flexibility index (Phi) is 1.97. The molecule has 46 valence electrons. The maximum absolute atomic E-state index is 3.27. The van der Waals surface area contributed by atoms with E-state index in [9.17, 15) is 0 Å². The summed E-state index contributed by atoms with van der Waals surface area (Å²) in [4.78, 5) is 1.49. The van der Waals surface area contributed by atoms with Gasteiger partial charge in [-0.2, -0.15) is 0 Å². The van der Waals surface area contributed by atoms with Crippen molar-refractivity contribution in [3.05, 3.63) is 10.5 Å². The van der Waals surface area contributed by atoms with E-state index in [-0.39, 0.29) is 0 Å². The van der Waals surface area contributed by atoms with Crippen LogP contribution in [0.2, 0.25) is 0 Å². The van der Waals surface area contributed by atoms with Gasteiger partial charge in [0.05, 0.1) is 0 Å². The number of hydrogen-bond donors (Lipinski definition) is 1. The Morgan fingerprint density at radius 1 is 1.50 bits per heavy atom. The predicted octanol–water partition coefficient (Wildman–Crippen LogP) is 1.57. The van der Waals surface area contributed by atoms with Gasteiger partial charge in [0.15, 0.2) is 0 Å². The van der Waals surface area contributed by atoms with Gasteiger partial charge in [0.1, 0.15) is 0 Å². The lowest BCUT2D eigenvalue weighted by atomic mass is 10.3. The minimum Gasteiger partial charge on any atom is -0.304 e. The molecule has 8 heavy (non-hydrogen) atoms. The van der Waals surface area contributed by atoms with E-state index in [1.165, 1.54) is 10.5 Å². The van der Waals surface area contributed by atoms with E-state index in [0.29, 0.717) is 0 Å². The molecule has 1 N–H and O–H groups in total. The summed E-state index contributed by atoms with van der Waals surface area (Å²) in [5, 5.41) is 3.27. The van der Waals surface area contributed by atoms with Crippen molar-refractivity contribution in [2.45, 2.75) is 13.8 Å². The Morgan fingerprint density at radius 2 is 2.25 bits per heavy atom. The zero-order chi connectivity index (χ0) is 5.98. The molecule has 0 fully saturated rings. The Morgan fingerprint density at radius 3 is 2.62 bits per heavy atom. The van der Waals surface area contributed by atoms with E-state index in [1.54, 1.807) is 0 Å². The van der Waals surface area contributed by atoms with Gasteiger partial charge in [-0.25, -0.2) is 0 Å². The van der Waals surface area contributed by atoms with E-state index in [1.807, 2.05) is 11.8 Å². The first kappa shape index (κ1) is 6.17. The van der Waals surface area contributed by atoms with Gasteiger partial charge < -0.3 is 5.32 Å². The smallest absolute Gasteiger partial charge is 0.0464 e. The van der Waals surface area contributed by atoms with Crippen LogP contribution in [0.5, 0.6) is 0 Å². The molecule has 0 atom stereocenters. The van der Waals surface area contributed by atoms with Gasteiger partial charge in [-0.05, 0) is 18.8 Å². The highest BCUT2D eigenvalue weighted by atomic mass is 32.2. The third-order valence-corrected chi connectivity index (χ3v) is 2.51. The third kappa shape index (κ3) is 1.26. The van der Waals surface area contributed by atoms with Gasteiger partial charge in [-0.3, -0.25) is 0 Å². The van der Waals surface area contributed by atoms with Gasteiger partial charge >= 0.3 is 0 Å². The molecule has 1 rings (SSSR count). The van der Waals surface area contributed by atoms with Crippen LogP contribution >= 0.6 is 11.8 Å². The summed E-state index contributed by atoms with van der Waals surface area (Å²) in [5.41, 5.74) is 1.49. The minimum absolute atomic E-state index is 1.08. The molecule has 1 heterocycles. The summed E-state index contributed by atoms with van der Waals surface area (Å²) in [5.74, 6) is 1.09. The number of allylic oxidation sites excluding steroid dienone is 1. The first-order chi connectivity index (χ1) is 3.80. The highest BCUT2D eigenvalue weighted by Crippen LogP contribution is 2.20. The number of rotatable bonds is 0. The van der Waals surface area contributed by atoms with E-state index < -0.39 is 0 Å². The number of hydrogen-bond acceptors (Lipinski definition) is 2. The fourth-order valence-corrected chi connectivity index (χ4v) is 1.38. The first-order valence-electron chi connectivity index (χ1n) is 2.80. The second-order valence-corrected chi connectivity index (χ2v) is 3.24. The minimum atomic E-state index is 1.08. The molecule has 0 saturated heterocycles. The zero-order valence-electron chi connectivity index (χ0n) is 5.32. The van der Waals surface area contributed by atoms with Crippen molar-refractivity contribution in [1.82, 2.24) is 5.32 Å². The van der Waals surface area contributed by atoms with Gasteiger partial charge in [0, 0.05) is 12.4 Å². The highest BCUT2D eigenvalue weighted by Gasteiger charge is 2.02. The van der Waals surface area contributed by atoms with E-state index in [2.05, 4.69) is 19.2 Å². The monoisotopic (exact) mass is 129 g/mol. The molecule has 1 aliphatic rings. The highest BCUT2D eigenvalue weighted by molar-refractivity contribution is 8.03. The molecule has 0 radical (unpaired) electrons. The summed E-state index contributed by atoms with van der Waals surface area (Å²) in [6, 6.07) is 0. The van der Waals surface area contributed by atoms with Crippen LogP contribution in [0.1, 0.15) is 13.8 Å². The average molecular weight is 129 g/mol. The predicted molar refractivity (Wildman–Crippen MR) is 38.8 cm³/mol. The molecule has 0 unspecified atom stereocenters. The zero-order valence-corrected chi connectivity index (χ0v) is 6.14. The SMILES string of the molecule is CC1=C(C)SCNC1. The van der Waals surface area contributed by atoms with Crippen LogP contribution in [0.4, 0.5) is 0 Å². The standard InChI is InChI=1S/C6H11NS/c1-5-3-7-4-8-6(5)2/h7H,3-4H2,1-2H3. The molecule has 0 spiro atoms. The Balaban J connectivity index is 2.60. The summed E-state index contributed by atoms with van der Waals surface area (Å²) in [7, 11) is 0. The maximum Gasteiger partial charge on any atom is 0.0464 e. The number of nitrogens with one attached hydrogen (secondary N) is 1. The van der Waals surface area contributed by atoms with Gasteiger partial charge in [0.25, 0.3) is 0 Å². The van der Waals surface area contributed by atoms with E-state index in [0.717, 1.165) is 12.4 Å². The largest absolute Gasteiger partial charge is 0.304 e. The van der Waals surface area contributed by atoms with Crippen molar-refractivity contribution < 1.29 is 0 Å². The molecular formula is C6H11NS. The molecule has 0 aromatic rings. The molecule has 0 aromatic carbocycles. The molecule has 0 amide bonds. The molecule has 0 aliphatic carbocycles. The van der Waals surface area contributed by atoms with Crippen molar-refractivity contribution in [2.75, 3.05) is 12.4 Å². The molecule has 1 nitrogen and oxygen atoms in total. The maximum atomic E-state index is 3.27. The molecule has 0 saturated carbocycles. The van der Waals surface area contributed by atoms with Crippen molar-refractivity contribution in [3.63, 3.8) is 0 Å². The van der Waals surface area contributed by atoms with Gasteiger partial charge in [-0.15, -0.1) is 11.8 Å². The fourth-order valence-electron chi connectivity index (χ4n) is 0.645. The molecule has 0 aromatic heterocycles. The third-order valence-electron chi connectivity index (χ3n) is 1.38. The quantitative estimate of drug-likeness (QED) is 0.533. The summed E-state index contributed by atoms with van der Waals surface area (Å²) in [6.07, 6.45) is 0. The lowest BCUT2D eigenvalue weighted by molar-refractivity contribution is 0.842. The second kappa shape index (κ2) is 2.55. The average Bonchev–Trinajstić information content (AvgIpc) is 1.77. The molecule has 2 heteroatoms. The van der Waals surface area contributed by atoms with Crippen molar-refractivity contribution >= 4 is 11.8 Å². The van der Waals surface area contributed by atoms with Crippen LogP contribution in [0.15, 0.2) is 10.5 Å².